The molecule has 19 heavy (non-hydrogen) atoms. The molecular formula is C15H19FN2O. The first-order valence-corrected chi connectivity index (χ1v) is 6.95. The molecule has 0 aromatic heterocycles. The van der Waals surface area contributed by atoms with E-state index < -0.39 is 0 Å². The number of halogens is 1. The van der Waals surface area contributed by atoms with Crippen molar-refractivity contribution < 1.29 is 9.18 Å². The minimum Gasteiger partial charge on any atom is -0.349 e. The zero-order valence-electron chi connectivity index (χ0n) is 11.0. The highest BCUT2D eigenvalue weighted by atomic mass is 19.1. The number of amides is 1. The molecule has 2 bridgehead atoms. The summed E-state index contributed by atoms with van der Waals surface area (Å²) in [5.41, 5.74) is 0.936. The molecule has 2 aliphatic heterocycles. The zero-order valence-corrected chi connectivity index (χ0v) is 11.0. The van der Waals surface area contributed by atoms with Crippen molar-refractivity contribution in [3.63, 3.8) is 0 Å². The molecular weight excluding hydrogens is 243 g/mol. The van der Waals surface area contributed by atoms with Crippen molar-refractivity contribution >= 4 is 5.91 Å². The summed E-state index contributed by atoms with van der Waals surface area (Å²) in [4.78, 5) is 12.3. The normalized spacial score (nSPS) is 30.3. The zero-order chi connectivity index (χ0) is 13.4. The summed E-state index contributed by atoms with van der Waals surface area (Å²) in [6.45, 7) is 1.94. The summed E-state index contributed by atoms with van der Waals surface area (Å²) < 4.78 is 12.9. The number of hydrogen-bond acceptors (Lipinski definition) is 2. The van der Waals surface area contributed by atoms with Crippen molar-refractivity contribution in [2.24, 2.45) is 5.92 Å². The van der Waals surface area contributed by atoms with Crippen LogP contribution in [0.2, 0.25) is 0 Å². The predicted molar refractivity (Wildman–Crippen MR) is 71.0 cm³/mol. The van der Waals surface area contributed by atoms with E-state index in [2.05, 4.69) is 10.6 Å². The van der Waals surface area contributed by atoms with Crippen molar-refractivity contribution in [2.45, 2.75) is 44.3 Å². The molecule has 3 nitrogen and oxygen atoms in total. The number of fused-ring (bicyclic) bond motifs is 2. The second-order valence-corrected chi connectivity index (χ2v) is 5.67. The molecule has 2 heterocycles. The molecule has 0 spiro atoms. The molecule has 0 aliphatic carbocycles. The fourth-order valence-electron chi connectivity index (χ4n) is 3.27. The van der Waals surface area contributed by atoms with Gasteiger partial charge in [0.25, 0.3) is 0 Å². The molecule has 1 aromatic rings. The van der Waals surface area contributed by atoms with Crippen LogP contribution in [0.5, 0.6) is 0 Å². The third-order valence-corrected chi connectivity index (χ3v) is 4.37. The quantitative estimate of drug-likeness (QED) is 0.876. The summed E-state index contributed by atoms with van der Waals surface area (Å²) in [5.74, 6) is -0.0299. The summed E-state index contributed by atoms with van der Waals surface area (Å²) in [6, 6.07) is 7.10. The lowest BCUT2D eigenvalue weighted by Gasteiger charge is -2.22. The Hall–Kier alpha value is -1.42. The molecule has 2 fully saturated rings. The lowest BCUT2D eigenvalue weighted by Crippen LogP contribution is -2.38. The first kappa shape index (κ1) is 12.6. The summed E-state index contributed by atoms with van der Waals surface area (Å²) in [7, 11) is 0. The topological polar surface area (TPSA) is 41.1 Å². The van der Waals surface area contributed by atoms with Crippen LogP contribution in [0.25, 0.3) is 0 Å². The van der Waals surface area contributed by atoms with Gasteiger partial charge in [-0.3, -0.25) is 4.79 Å². The van der Waals surface area contributed by atoms with Gasteiger partial charge in [0, 0.05) is 12.1 Å². The fourth-order valence-corrected chi connectivity index (χ4v) is 3.27. The van der Waals surface area contributed by atoms with Crippen LogP contribution in [0.15, 0.2) is 24.3 Å². The van der Waals surface area contributed by atoms with Crippen LogP contribution in [0.4, 0.5) is 4.39 Å². The molecule has 2 aliphatic rings. The Balaban J connectivity index is 1.61. The number of nitrogens with one attached hydrogen (secondary N) is 2. The second kappa shape index (κ2) is 4.93. The first-order chi connectivity index (χ1) is 9.13. The van der Waals surface area contributed by atoms with E-state index in [1.807, 2.05) is 6.92 Å². The average molecular weight is 262 g/mol. The monoisotopic (exact) mass is 262 g/mol. The van der Waals surface area contributed by atoms with Crippen molar-refractivity contribution in [1.82, 2.24) is 10.6 Å². The lowest BCUT2D eigenvalue weighted by molar-refractivity contribution is -0.126. The molecule has 1 aromatic carbocycles. The molecule has 0 radical (unpaired) electrons. The number of carbonyl (C=O) groups is 1. The third kappa shape index (κ3) is 2.50. The van der Waals surface area contributed by atoms with Gasteiger partial charge in [-0.15, -0.1) is 0 Å². The van der Waals surface area contributed by atoms with Gasteiger partial charge in [0.05, 0.1) is 12.0 Å². The number of benzene rings is 1. The number of hydrogen-bond donors (Lipinski definition) is 2. The van der Waals surface area contributed by atoms with Crippen molar-refractivity contribution in [3.8, 4) is 0 Å². The number of rotatable bonds is 3. The summed E-state index contributed by atoms with van der Waals surface area (Å²) in [5, 5.41) is 6.51. The van der Waals surface area contributed by atoms with Gasteiger partial charge in [-0.25, -0.2) is 4.39 Å². The Morgan fingerprint density at radius 2 is 2.11 bits per heavy atom. The van der Waals surface area contributed by atoms with Gasteiger partial charge in [-0.2, -0.15) is 0 Å². The van der Waals surface area contributed by atoms with Gasteiger partial charge in [-0.05, 0) is 43.9 Å². The van der Waals surface area contributed by atoms with Crippen LogP contribution < -0.4 is 10.6 Å². The van der Waals surface area contributed by atoms with Gasteiger partial charge in [0.15, 0.2) is 0 Å². The summed E-state index contributed by atoms with van der Waals surface area (Å²) >= 11 is 0. The minimum atomic E-state index is -0.250. The van der Waals surface area contributed by atoms with Crippen molar-refractivity contribution in [1.29, 1.82) is 0 Å². The van der Waals surface area contributed by atoms with E-state index in [1.54, 1.807) is 12.1 Å². The van der Waals surface area contributed by atoms with Gasteiger partial charge < -0.3 is 10.6 Å². The minimum absolute atomic E-state index is 0.0766. The lowest BCUT2D eigenvalue weighted by atomic mass is 9.88. The third-order valence-electron chi connectivity index (χ3n) is 4.37. The highest BCUT2D eigenvalue weighted by Crippen LogP contribution is 2.33. The molecule has 102 valence electrons. The van der Waals surface area contributed by atoms with Crippen LogP contribution in [0, 0.1) is 11.7 Å². The Labute approximate surface area is 112 Å². The largest absolute Gasteiger partial charge is 0.349 e. The number of carbonyl (C=O) groups excluding carboxylic acids is 1. The molecule has 3 unspecified atom stereocenters. The second-order valence-electron chi connectivity index (χ2n) is 5.67. The van der Waals surface area contributed by atoms with Crippen molar-refractivity contribution in [2.75, 3.05) is 0 Å². The smallest absolute Gasteiger partial charge is 0.225 e. The average Bonchev–Trinajstić information content (AvgIpc) is 3.01. The van der Waals surface area contributed by atoms with E-state index in [4.69, 9.17) is 0 Å². The van der Waals surface area contributed by atoms with Crippen LogP contribution >= 0.6 is 0 Å². The van der Waals surface area contributed by atoms with Crippen LogP contribution in [0.1, 0.15) is 37.8 Å². The maximum absolute atomic E-state index is 12.9. The van der Waals surface area contributed by atoms with E-state index >= 15 is 0 Å². The maximum Gasteiger partial charge on any atom is 0.225 e. The molecule has 2 saturated heterocycles. The predicted octanol–water partition coefficient (Wildman–Crippen LogP) is 2.14. The van der Waals surface area contributed by atoms with Crippen molar-refractivity contribution in [3.05, 3.63) is 35.6 Å². The van der Waals surface area contributed by atoms with Crippen LogP contribution in [-0.4, -0.2) is 18.0 Å². The van der Waals surface area contributed by atoms with E-state index in [-0.39, 0.29) is 23.7 Å². The highest BCUT2D eigenvalue weighted by molar-refractivity contribution is 5.80. The fraction of sp³-hybridized carbons (Fsp3) is 0.533. The standard InChI is InChI=1S/C15H19FN2O/c1-9(10-2-4-11(16)5-3-10)17-15(19)13-8-12-6-7-14(13)18-12/h2-5,9,12-14,18H,6-8H2,1H3,(H,17,19)/t9-,12?,13?,14?/m0/s1. The highest BCUT2D eigenvalue weighted by Gasteiger charge is 2.42. The van der Waals surface area contributed by atoms with E-state index in [0.29, 0.717) is 12.1 Å². The van der Waals surface area contributed by atoms with E-state index in [1.165, 1.54) is 18.6 Å². The summed E-state index contributed by atoms with van der Waals surface area (Å²) in [6.07, 6.45) is 3.25. The molecule has 2 N–H and O–H groups in total. The van der Waals surface area contributed by atoms with Gasteiger partial charge in [-0.1, -0.05) is 12.1 Å². The van der Waals surface area contributed by atoms with Gasteiger partial charge in [0.2, 0.25) is 5.91 Å². The Morgan fingerprint density at radius 3 is 2.68 bits per heavy atom. The van der Waals surface area contributed by atoms with Gasteiger partial charge in [0.1, 0.15) is 5.82 Å². The SMILES string of the molecule is C[C@H](NC(=O)C1CC2CCC1N2)c1ccc(F)cc1. The molecule has 3 rings (SSSR count). The van der Waals surface area contributed by atoms with Crippen LogP contribution in [-0.2, 0) is 4.79 Å². The Kier molecular flexibility index (Phi) is 3.27. The molecule has 1 amide bonds. The van der Waals surface area contributed by atoms with Gasteiger partial charge >= 0.3 is 0 Å². The Morgan fingerprint density at radius 1 is 1.37 bits per heavy atom. The van der Waals surface area contributed by atoms with E-state index in [9.17, 15) is 9.18 Å². The van der Waals surface area contributed by atoms with E-state index in [0.717, 1.165) is 18.4 Å². The molecule has 0 saturated carbocycles. The molecule has 4 heteroatoms. The maximum atomic E-state index is 12.9. The van der Waals surface area contributed by atoms with Crippen LogP contribution in [0.3, 0.4) is 0 Å². The molecule has 4 atom stereocenters. The Bertz CT molecular complexity index is 474. The first-order valence-electron chi connectivity index (χ1n) is 6.95.